The molecule has 8 rings (SSSR count). The fourth-order valence-corrected chi connectivity index (χ4v) is 5.66. The fourth-order valence-electron chi connectivity index (χ4n) is 5.66. The van der Waals surface area contributed by atoms with Gasteiger partial charge in [0.2, 0.25) is 0 Å². The molecule has 0 saturated carbocycles. The summed E-state index contributed by atoms with van der Waals surface area (Å²) >= 11 is 0. The summed E-state index contributed by atoms with van der Waals surface area (Å²) in [6.45, 7) is 0. The van der Waals surface area contributed by atoms with E-state index in [4.69, 9.17) is 19.9 Å². The van der Waals surface area contributed by atoms with Crippen LogP contribution >= 0.6 is 0 Å². The second-order valence-electron chi connectivity index (χ2n) is 10.7. The molecule has 6 aromatic carbocycles. The van der Waals surface area contributed by atoms with Gasteiger partial charge in [0.25, 0.3) is 0 Å². The molecule has 0 saturated heterocycles. The Bertz CT molecular complexity index is 2090. The molecule has 0 aliphatic rings. The number of nitrogens with zero attached hydrogens (tertiary/aromatic N) is 4. The molecule has 0 aliphatic heterocycles. The molecule has 0 bridgehead atoms. The first kappa shape index (κ1) is 25.7. The lowest BCUT2D eigenvalue weighted by Crippen LogP contribution is -1.96. The molecule has 8 aromatic rings. The molecule has 0 N–H and O–H groups in total. The molecule has 44 heavy (non-hydrogen) atoms. The molecule has 4 heteroatoms. The summed E-state index contributed by atoms with van der Waals surface area (Å²) < 4.78 is 0. The molecule has 206 valence electrons. The molecule has 0 amide bonds. The molecule has 2 aromatic heterocycles. The van der Waals surface area contributed by atoms with Gasteiger partial charge in [-0.15, -0.1) is 0 Å². The van der Waals surface area contributed by atoms with Gasteiger partial charge in [-0.25, -0.2) is 19.9 Å². The predicted molar refractivity (Wildman–Crippen MR) is 180 cm³/mol. The lowest BCUT2D eigenvalue weighted by Gasteiger charge is -2.13. The average molecular weight is 563 g/mol. The van der Waals surface area contributed by atoms with E-state index in [0.717, 1.165) is 78.2 Å². The number of benzene rings is 6. The van der Waals surface area contributed by atoms with Crippen molar-refractivity contribution in [2.75, 3.05) is 0 Å². The zero-order valence-electron chi connectivity index (χ0n) is 23.8. The van der Waals surface area contributed by atoms with Crippen LogP contribution in [0.2, 0.25) is 0 Å². The highest BCUT2D eigenvalue weighted by atomic mass is 14.8. The Morgan fingerprint density at radius 3 is 0.795 bits per heavy atom. The van der Waals surface area contributed by atoms with E-state index in [0.29, 0.717) is 0 Å². The van der Waals surface area contributed by atoms with E-state index in [2.05, 4.69) is 84.9 Å². The van der Waals surface area contributed by atoms with E-state index in [-0.39, 0.29) is 0 Å². The summed E-state index contributed by atoms with van der Waals surface area (Å²) in [6.07, 6.45) is 0. The summed E-state index contributed by atoms with van der Waals surface area (Å²) in [5.74, 6) is 0. The Hall–Kier alpha value is -6.00. The maximum Gasteiger partial charge on any atom is 0.0973 e. The number of fused-ring (bicyclic) bond motifs is 2. The van der Waals surface area contributed by atoms with Gasteiger partial charge in [-0.1, -0.05) is 133 Å². The van der Waals surface area contributed by atoms with Crippen molar-refractivity contribution in [3.05, 3.63) is 158 Å². The van der Waals surface area contributed by atoms with E-state index in [1.165, 1.54) is 0 Å². The lowest BCUT2D eigenvalue weighted by molar-refractivity contribution is 1.29. The molecule has 2 heterocycles. The van der Waals surface area contributed by atoms with Crippen LogP contribution in [0.1, 0.15) is 0 Å². The van der Waals surface area contributed by atoms with Crippen molar-refractivity contribution in [1.82, 2.24) is 19.9 Å². The second kappa shape index (κ2) is 11.0. The highest BCUT2D eigenvalue weighted by molar-refractivity contribution is 5.92. The summed E-state index contributed by atoms with van der Waals surface area (Å²) in [4.78, 5) is 20.6. The molecular formula is C40H26N4. The molecule has 0 fully saturated rings. The average Bonchev–Trinajstić information content (AvgIpc) is 3.11. The minimum absolute atomic E-state index is 0.844. The van der Waals surface area contributed by atoms with Crippen molar-refractivity contribution in [2.24, 2.45) is 0 Å². The van der Waals surface area contributed by atoms with Gasteiger partial charge in [0.05, 0.1) is 44.8 Å². The van der Waals surface area contributed by atoms with Crippen LogP contribution in [0, 0.1) is 0 Å². The van der Waals surface area contributed by atoms with E-state index in [1.54, 1.807) is 0 Å². The molecule has 0 radical (unpaired) electrons. The summed E-state index contributed by atoms with van der Waals surface area (Å²) in [7, 11) is 0. The van der Waals surface area contributed by atoms with Gasteiger partial charge in [-0.05, 0) is 35.4 Å². The topological polar surface area (TPSA) is 51.6 Å². The number of hydrogen-bond donors (Lipinski definition) is 0. The Balaban J connectivity index is 1.27. The Labute approximate surface area is 255 Å². The summed E-state index contributed by atoms with van der Waals surface area (Å²) in [6, 6.07) is 53.6. The van der Waals surface area contributed by atoms with E-state index < -0.39 is 0 Å². The number of aromatic nitrogens is 4. The van der Waals surface area contributed by atoms with Gasteiger partial charge in [0, 0.05) is 22.3 Å². The van der Waals surface area contributed by atoms with Crippen LogP contribution in [0.3, 0.4) is 0 Å². The van der Waals surface area contributed by atoms with Crippen molar-refractivity contribution < 1.29 is 0 Å². The standard InChI is InChI=1S/C40H26N4/c1-5-13-27(14-6-1)37-39(29-17-9-3-10-18-29)43-35-25-31(21-23-33(35)41-37)32-22-24-34-36(26-32)44-40(30-19-11-4-12-20-30)38(42-34)28-15-7-2-8-16-28/h1-26H. The quantitative estimate of drug-likeness (QED) is 0.209. The first-order valence-corrected chi connectivity index (χ1v) is 14.7. The van der Waals surface area contributed by atoms with E-state index in [9.17, 15) is 0 Å². The van der Waals surface area contributed by atoms with Crippen molar-refractivity contribution in [2.45, 2.75) is 0 Å². The zero-order valence-corrected chi connectivity index (χ0v) is 23.8. The monoisotopic (exact) mass is 562 g/mol. The molecule has 4 nitrogen and oxygen atoms in total. The Kier molecular flexibility index (Phi) is 6.43. The van der Waals surface area contributed by atoms with E-state index >= 15 is 0 Å². The summed E-state index contributed by atoms with van der Waals surface area (Å²) in [5, 5.41) is 0. The van der Waals surface area contributed by atoms with Gasteiger partial charge >= 0.3 is 0 Å². The highest BCUT2D eigenvalue weighted by Gasteiger charge is 2.16. The largest absolute Gasteiger partial charge is 0.244 e. The highest BCUT2D eigenvalue weighted by Crippen LogP contribution is 2.35. The van der Waals surface area contributed by atoms with Gasteiger partial charge in [0.1, 0.15) is 0 Å². The van der Waals surface area contributed by atoms with Crippen molar-refractivity contribution in [3.8, 4) is 56.2 Å². The number of hydrogen-bond acceptors (Lipinski definition) is 4. The van der Waals surface area contributed by atoms with Gasteiger partial charge in [0.15, 0.2) is 0 Å². The smallest absolute Gasteiger partial charge is 0.0973 e. The first-order chi connectivity index (χ1) is 21.8. The third kappa shape index (κ3) is 4.79. The number of rotatable bonds is 5. The van der Waals surface area contributed by atoms with E-state index in [1.807, 2.05) is 72.8 Å². The Morgan fingerprint density at radius 1 is 0.227 bits per heavy atom. The van der Waals surface area contributed by atoms with Crippen LogP contribution in [-0.2, 0) is 0 Å². The second-order valence-corrected chi connectivity index (χ2v) is 10.7. The SMILES string of the molecule is c1ccc(-c2nc3ccc(-c4ccc5nc(-c6ccccc6)c(-c6ccccc6)nc5c4)cc3nc2-c2ccccc2)cc1. The molecule has 0 spiro atoms. The van der Waals surface area contributed by atoms with Crippen LogP contribution in [0.5, 0.6) is 0 Å². The van der Waals surface area contributed by atoms with Crippen LogP contribution in [0.4, 0.5) is 0 Å². The third-order valence-electron chi connectivity index (χ3n) is 7.85. The molecule has 0 atom stereocenters. The minimum atomic E-state index is 0.844. The lowest BCUT2D eigenvalue weighted by atomic mass is 10.0. The van der Waals surface area contributed by atoms with Crippen molar-refractivity contribution in [3.63, 3.8) is 0 Å². The Morgan fingerprint density at radius 2 is 0.500 bits per heavy atom. The maximum absolute atomic E-state index is 5.18. The van der Waals surface area contributed by atoms with Gasteiger partial charge in [-0.3, -0.25) is 0 Å². The van der Waals surface area contributed by atoms with Crippen LogP contribution < -0.4 is 0 Å². The van der Waals surface area contributed by atoms with Gasteiger partial charge in [-0.2, -0.15) is 0 Å². The molecule has 0 unspecified atom stereocenters. The van der Waals surface area contributed by atoms with Crippen molar-refractivity contribution >= 4 is 22.1 Å². The fraction of sp³-hybridized carbons (Fsp3) is 0. The maximum atomic E-state index is 5.18. The van der Waals surface area contributed by atoms with Gasteiger partial charge < -0.3 is 0 Å². The predicted octanol–water partition coefficient (Wildman–Crippen LogP) is 9.91. The summed E-state index contributed by atoms with van der Waals surface area (Å²) in [5.41, 5.74) is 13.1. The van der Waals surface area contributed by atoms with Crippen molar-refractivity contribution in [1.29, 1.82) is 0 Å². The third-order valence-corrected chi connectivity index (χ3v) is 7.85. The first-order valence-electron chi connectivity index (χ1n) is 14.7. The van der Waals surface area contributed by atoms with Crippen LogP contribution in [-0.4, -0.2) is 19.9 Å². The minimum Gasteiger partial charge on any atom is -0.244 e. The normalized spacial score (nSPS) is 11.2. The van der Waals surface area contributed by atoms with Crippen LogP contribution in [0.25, 0.3) is 78.2 Å². The van der Waals surface area contributed by atoms with Crippen LogP contribution in [0.15, 0.2) is 158 Å². The molecule has 0 aliphatic carbocycles. The molecular weight excluding hydrogens is 536 g/mol. The zero-order chi connectivity index (χ0) is 29.3.